The molecule has 0 unspecified atom stereocenters. The first-order valence-corrected chi connectivity index (χ1v) is 4.42. The number of aromatic nitrogens is 3. The molecule has 9 heteroatoms. The predicted octanol–water partition coefficient (Wildman–Crippen LogP) is 3.03. The fourth-order valence-corrected chi connectivity index (χ4v) is 0.904. The summed E-state index contributed by atoms with van der Waals surface area (Å²) in [6.45, 7) is 2.77. The van der Waals surface area contributed by atoms with Crippen LogP contribution in [0.4, 0.5) is 26.3 Å². The van der Waals surface area contributed by atoms with Crippen LogP contribution in [-0.2, 0) is 12.4 Å². The van der Waals surface area contributed by atoms with E-state index in [2.05, 4.69) is 15.0 Å². The molecule has 0 amide bonds. The lowest BCUT2D eigenvalue weighted by molar-refractivity contribution is -0.155. The lowest BCUT2D eigenvalue weighted by Crippen LogP contribution is -2.21. The molecule has 0 atom stereocenters. The molecule has 0 aliphatic rings. The van der Waals surface area contributed by atoms with E-state index < -0.39 is 35.7 Å². The van der Waals surface area contributed by atoms with Crippen LogP contribution in [0, 0.1) is 0 Å². The van der Waals surface area contributed by atoms with Crippen LogP contribution in [0.25, 0.3) is 0 Å². The first-order valence-electron chi connectivity index (χ1n) is 4.42. The van der Waals surface area contributed by atoms with Gasteiger partial charge in [0.2, 0.25) is 11.6 Å². The maximum atomic E-state index is 12.3. The highest BCUT2D eigenvalue weighted by atomic mass is 19.4. The molecule has 0 bridgehead atoms. The molecule has 0 fully saturated rings. The first-order chi connectivity index (χ1) is 7.51. The van der Waals surface area contributed by atoms with Crippen molar-refractivity contribution >= 4 is 0 Å². The Morgan fingerprint density at radius 3 is 1.35 bits per heavy atom. The van der Waals surface area contributed by atoms with Crippen LogP contribution in [-0.4, -0.2) is 15.0 Å². The molecule has 0 spiro atoms. The van der Waals surface area contributed by atoms with Gasteiger partial charge in [-0.15, -0.1) is 0 Å². The average molecular weight is 259 g/mol. The van der Waals surface area contributed by atoms with E-state index in [-0.39, 0.29) is 0 Å². The number of rotatable bonds is 1. The van der Waals surface area contributed by atoms with Gasteiger partial charge in [0, 0.05) is 5.92 Å². The van der Waals surface area contributed by atoms with Crippen molar-refractivity contribution in [2.24, 2.45) is 0 Å². The molecule has 17 heavy (non-hydrogen) atoms. The summed E-state index contributed by atoms with van der Waals surface area (Å²) in [5, 5.41) is 0. The molecule has 1 rings (SSSR count). The Hall–Kier alpha value is -1.41. The number of hydrogen-bond acceptors (Lipinski definition) is 3. The molecule has 0 aliphatic heterocycles. The molecule has 1 aromatic heterocycles. The van der Waals surface area contributed by atoms with Crippen LogP contribution in [0.2, 0.25) is 0 Å². The summed E-state index contributed by atoms with van der Waals surface area (Å²) in [7, 11) is 0. The highest BCUT2D eigenvalue weighted by Gasteiger charge is 2.41. The standard InChI is InChI=1S/C8H7F6N3/c1-3(2)4-15-5(7(9,10)11)17-6(16-4)8(12,13)14/h3H,1-2H3. The summed E-state index contributed by atoms with van der Waals surface area (Å²) < 4.78 is 73.7. The largest absolute Gasteiger partial charge is 0.451 e. The maximum absolute atomic E-state index is 12.3. The summed E-state index contributed by atoms with van der Waals surface area (Å²) in [4.78, 5) is 8.33. The van der Waals surface area contributed by atoms with Gasteiger partial charge in [-0.05, 0) is 0 Å². The zero-order valence-corrected chi connectivity index (χ0v) is 8.69. The molecule has 1 aromatic rings. The fraction of sp³-hybridized carbons (Fsp3) is 0.625. The third-order valence-electron chi connectivity index (χ3n) is 1.68. The lowest BCUT2D eigenvalue weighted by Gasteiger charge is -2.12. The number of hydrogen-bond donors (Lipinski definition) is 0. The minimum atomic E-state index is -5.04. The van der Waals surface area contributed by atoms with Crippen molar-refractivity contribution < 1.29 is 26.3 Å². The van der Waals surface area contributed by atoms with E-state index in [1.807, 2.05) is 0 Å². The normalized spacial score (nSPS) is 13.2. The van der Waals surface area contributed by atoms with Crippen molar-refractivity contribution in [2.45, 2.75) is 32.1 Å². The van der Waals surface area contributed by atoms with Crippen LogP contribution < -0.4 is 0 Å². The van der Waals surface area contributed by atoms with Crippen LogP contribution >= 0.6 is 0 Å². The molecule has 1 heterocycles. The monoisotopic (exact) mass is 259 g/mol. The summed E-state index contributed by atoms with van der Waals surface area (Å²) in [5.41, 5.74) is 0. The molecule has 0 aromatic carbocycles. The Kier molecular flexibility index (Phi) is 3.30. The van der Waals surface area contributed by atoms with E-state index in [9.17, 15) is 26.3 Å². The summed E-state index contributed by atoms with van der Waals surface area (Å²) in [5.74, 6) is -4.87. The van der Waals surface area contributed by atoms with E-state index in [1.165, 1.54) is 13.8 Å². The molecule has 0 aliphatic carbocycles. The Morgan fingerprint density at radius 2 is 1.12 bits per heavy atom. The van der Waals surface area contributed by atoms with Gasteiger partial charge in [0.05, 0.1) is 0 Å². The zero-order valence-electron chi connectivity index (χ0n) is 8.69. The molecule has 0 saturated carbocycles. The maximum Gasteiger partial charge on any atom is 0.451 e. The fourth-order valence-electron chi connectivity index (χ4n) is 0.904. The van der Waals surface area contributed by atoms with Gasteiger partial charge in [0.1, 0.15) is 5.82 Å². The minimum Gasteiger partial charge on any atom is -0.209 e. The van der Waals surface area contributed by atoms with Gasteiger partial charge in [-0.2, -0.15) is 26.3 Å². The van der Waals surface area contributed by atoms with Crippen molar-refractivity contribution in [3.05, 3.63) is 17.5 Å². The van der Waals surface area contributed by atoms with E-state index in [0.29, 0.717) is 0 Å². The molecular formula is C8H7F6N3. The lowest BCUT2D eigenvalue weighted by atomic mass is 10.2. The van der Waals surface area contributed by atoms with Crippen LogP contribution in [0.5, 0.6) is 0 Å². The van der Waals surface area contributed by atoms with Gasteiger partial charge >= 0.3 is 12.4 Å². The van der Waals surface area contributed by atoms with E-state index in [4.69, 9.17) is 0 Å². The SMILES string of the molecule is CC(C)c1nc(C(F)(F)F)nc(C(F)(F)F)n1. The zero-order chi connectivity index (χ0) is 13.4. The molecule has 0 radical (unpaired) electrons. The number of halogens is 6. The molecule has 0 N–H and O–H groups in total. The number of nitrogens with zero attached hydrogens (tertiary/aromatic N) is 3. The minimum absolute atomic E-state index is 0.542. The Morgan fingerprint density at radius 1 is 0.765 bits per heavy atom. The summed E-state index contributed by atoms with van der Waals surface area (Å²) in [6.07, 6.45) is -10.1. The highest BCUT2D eigenvalue weighted by Crippen LogP contribution is 2.31. The van der Waals surface area contributed by atoms with Crippen molar-refractivity contribution in [1.29, 1.82) is 0 Å². The van der Waals surface area contributed by atoms with Gasteiger partial charge in [0.15, 0.2) is 0 Å². The highest BCUT2D eigenvalue weighted by molar-refractivity contribution is 5.05. The van der Waals surface area contributed by atoms with Crippen molar-refractivity contribution in [1.82, 2.24) is 15.0 Å². The van der Waals surface area contributed by atoms with Gasteiger partial charge in [-0.25, -0.2) is 15.0 Å². The van der Waals surface area contributed by atoms with Crippen molar-refractivity contribution in [2.75, 3.05) is 0 Å². The first kappa shape index (κ1) is 13.7. The molecular weight excluding hydrogens is 252 g/mol. The van der Waals surface area contributed by atoms with E-state index >= 15 is 0 Å². The quantitative estimate of drug-likeness (QED) is 0.727. The van der Waals surface area contributed by atoms with Gasteiger partial charge in [-0.3, -0.25) is 0 Å². The summed E-state index contributed by atoms with van der Waals surface area (Å²) >= 11 is 0. The van der Waals surface area contributed by atoms with Gasteiger partial charge in [0.25, 0.3) is 0 Å². The predicted molar refractivity (Wildman–Crippen MR) is 43.9 cm³/mol. The van der Waals surface area contributed by atoms with Crippen LogP contribution in [0.1, 0.15) is 37.2 Å². The van der Waals surface area contributed by atoms with Crippen LogP contribution in [0.3, 0.4) is 0 Å². The second-order valence-corrected chi connectivity index (χ2v) is 3.49. The molecule has 0 saturated heterocycles. The van der Waals surface area contributed by atoms with E-state index in [1.54, 1.807) is 0 Å². The van der Waals surface area contributed by atoms with Gasteiger partial charge < -0.3 is 0 Å². The number of alkyl halides is 6. The third-order valence-corrected chi connectivity index (χ3v) is 1.68. The Balaban J connectivity index is 3.40. The van der Waals surface area contributed by atoms with E-state index in [0.717, 1.165) is 0 Å². The second kappa shape index (κ2) is 4.11. The molecule has 3 nitrogen and oxygen atoms in total. The van der Waals surface area contributed by atoms with Gasteiger partial charge in [-0.1, -0.05) is 13.8 Å². The van der Waals surface area contributed by atoms with Crippen molar-refractivity contribution in [3.63, 3.8) is 0 Å². The Labute approximate surface area is 91.9 Å². The smallest absolute Gasteiger partial charge is 0.209 e. The average Bonchev–Trinajstić information content (AvgIpc) is 2.14. The third kappa shape index (κ3) is 3.27. The molecule has 96 valence electrons. The van der Waals surface area contributed by atoms with Crippen molar-refractivity contribution in [3.8, 4) is 0 Å². The van der Waals surface area contributed by atoms with Crippen LogP contribution in [0.15, 0.2) is 0 Å². The second-order valence-electron chi connectivity index (χ2n) is 3.49. The Bertz CT molecular complexity index is 376. The topological polar surface area (TPSA) is 38.7 Å². The summed E-state index contributed by atoms with van der Waals surface area (Å²) in [6, 6.07) is 0.